The Bertz CT molecular complexity index is 874. The number of carboxylic acid groups (broad SMARTS) is 1. The third-order valence-corrected chi connectivity index (χ3v) is 4.13. The lowest BCUT2D eigenvalue weighted by Gasteiger charge is -2.14. The highest BCUT2D eigenvalue weighted by Crippen LogP contribution is 2.34. The second-order valence-corrected chi connectivity index (χ2v) is 5.46. The fraction of sp³-hybridized carbons (Fsp3) is 0.158. The van der Waals surface area contributed by atoms with Gasteiger partial charge in [0.2, 0.25) is 0 Å². The summed E-state index contributed by atoms with van der Waals surface area (Å²) in [4.78, 5) is 15.9. The van der Waals surface area contributed by atoms with E-state index in [1.165, 1.54) is 0 Å². The van der Waals surface area contributed by atoms with Gasteiger partial charge in [0.25, 0.3) is 0 Å². The molecular weight excluding hydrogens is 288 g/mol. The highest BCUT2D eigenvalue weighted by molar-refractivity contribution is 6.00. The van der Waals surface area contributed by atoms with Crippen molar-refractivity contribution in [3.05, 3.63) is 60.3 Å². The summed E-state index contributed by atoms with van der Waals surface area (Å²) < 4.78 is 0. The maximum Gasteiger partial charge on any atom is 0.310 e. The summed E-state index contributed by atoms with van der Waals surface area (Å²) in [5.74, 6) is -1.39. The largest absolute Gasteiger partial charge is 0.481 e. The van der Waals surface area contributed by atoms with Crippen LogP contribution in [0.1, 0.15) is 18.4 Å². The highest BCUT2D eigenvalue weighted by atomic mass is 16.4. The van der Waals surface area contributed by atoms with E-state index in [0.29, 0.717) is 0 Å². The van der Waals surface area contributed by atoms with Crippen LogP contribution in [0.4, 0.5) is 5.69 Å². The Balaban J connectivity index is 2.28. The number of anilines is 1. The fourth-order valence-electron chi connectivity index (χ4n) is 2.86. The van der Waals surface area contributed by atoms with Crippen LogP contribution in [0.3, 0.4) is 0 Å². The summed E-state index contributed by atoms with van der Waals surface area (Å²) in [6.45, 7) is 1.71. The van der Waals surface area contributed by atoms with Gasteiger partial charge in [-0.05, 0) is 30.0 Å². The first-order chi connectivity index (χ1) is 11.1. The van der Waals surface area contributed by atoms with E-state index in [1.807, 2.05) is 55.6 Å². The van der Waals surface area contributed by atoms with E-state index in [1.54, 1.807) is 13.1 Å². The van der Waals surface area contributed by atoms with E-state index in [0.717, 1.165) is 33.3 Å². The molecule has 0 radical (unpaired) electrons. The Hall–Kier alpha value is -2.88. The van der Waals surface area contributed by atoms with Crippen molar-refractivity contribution in [3.8, 4) is 11.3 Å². The lowest BCUT2D eigenvalue weighted by atomic mass is 9.93. The molecule has 1 unspecified atom stereocenters. The first-order valence-electron chi connectivity index (χ1n) is 7.51. The number of carbonyl (C=O) groups is 1. The third kappa shape index (κ3) is 2.63. The minimum Gasteiger partial charge on any atom is -0.481 e. The molecule has 0 aliphatic heterocycles. The molecule has 4 heteroatoms. The van der Waals surface area contributed by atoms with Crippen molar-refractivity contribution < 1.29 is 9.90 Å². The maximum absolute atomic E-state index is 11.4. The van der Waals surface area contributed by atoms with Crippen LogP contribution < -0.4 is 5.32 Å². The quantitative estimate of drug-likeness (QED) is 0.760. The molecule has 0 bridgehead atoms. The Morgan fingerprint density at radius 2 is 1.87 bits per heavy atom. The zero-order chi connectivity index (χ0) is 16.4. The van der Waals surface area contributed by atoms with Crippen LogP contribution in [0.5, 0.6) is 0 Å². The minimum absolute atomic E-state index is 0.562. The van der Waals surface area contributed by atoms with E-state index in [-0.39, 0.29) is 0 Å². The Kier molecular flexibility index (Phi) is 3.98. The summed E-state index contributed by atoms with van der Waals surface area (Å²) in [5, 5.41) is 14.4. The van der Waals surface area contributed by atoms with Gasteiger partial charge in [-0.25, -0.2) is 0 Å². The Morgan fingerprint density at radius 1 is 1.09 bits per heavy atom. The number of aromatic nitrogens is 1. The maximum atomic E-state index is 11.4. The number of aliphatic carboxylic acids is 1. The smallest absolute Gasteiger partial charge is 0.310 e. The van der Waals surface area contributed by atoms with E-state index in [2.05, 4.69) is 10.3 Å². The summed E-state index contributed by atoms with van der Waals surface area (Å²) in [6.07, 6.45) is 1.74. The van der Waals surface area contributed by atoms with Gasteiger partial charge in [-0.1, -0.05) is 36.4 Å². The third-order valence-electron chi connectivity index (χ3n) is 4.13. The molecule has 0 fully saturated rings. The van der Waals surface area contributed by atoms with Crippen LogP contribution in [0.25, 0.3) is 22.0 Å². The SMILES string of the molecule is CNc1ccccc1-c1nccc2c(C(C)C(=O)O)cccc12. The Labute approximate surface area is 134 Å². The van der Waals surface area contributed by atoms with Crippen LogP contribution in [-0.4, -0.2) is 23.1 Å². The van der Waals surface area contributed by atoms with Crippen LogP contribution in [-0.2, 0) is 4.79 Å². The van der Waals surface area contributed by atoms with Crippen molar-refractivity contribution in [3.63, 3.8) is 0 Å². The molecule has 0 aliphatic carbocycles. The van der Waals surface area contributed by atoms with Crippen LogP contribution in [0, 0.1) is 0 Å². The molecule has 2 N–H and O–H groups in total. The molecule has 4 nitrogen and oxygen atoms in total. The zero-order valence-electron chi connectivity index (χ0n) is 13.1. The molecule has 23 heavy (non-hydrogen) atoms. The number of rotatable bonds is 4. The van der Waals surface area contributed by atoms with Gasteiger partial charge in [-0.2, -0.15) is 0 Å². The number of pyridine rings is 1. The molecule has 3 rings (SSSR count). The van der Waals surface area contributed by atoms with Gasteiger partial charge in [-0.15, -0.1) is 0 Å². The zero-order valence-corrected chi connectivity index (χ0v) is 13.1. The molecule has 1 aromatic heterocycles. The number of nitrogens with one attached hydrogen (secondary N) is 1. The predicted molar refractivity (Wildman–Crippen MR) is 92.8 cm³/mol. The average Bonchev–Trinajstić information content (AvgIpc) is 2.60. The van der Waals surface area contributed by atoms with Crippen molar-refractivity contribution in [1.82, 2.24) is 4.98 Å². The number of benzene rings is 2. The molecule has 0 saturated heterocycles. The molecule has 0 aliphatic rings. The number of fused-ring (bicyclic) bond motifs is 1. The molecule has 1 atom stereocenters. The van der Waals surface area contributed by atoms with E-state index in [9.17, 15) is 9.90 Å². The van der Waals surface area contributed by atoms with Gasteiger partial charge < -0.3 is 10.4 Å². The lowest BCUT2D eigenvalue weighted by Crippen LogP contribution is -2.08. The second kappa shape index (κ2) is 6.08. The molecule has 0 spiro atoms. The molecule has 1 heterocycles. The number of hydrogen-bond acceptors (Lipinski definition) is 3. The summed E-state index contributed by atoms with van der Waals surface area (Å²) >= 11 is 0. The monoisotopic (exact) mass is 306 g/mol. The van der Waals surface area contributed by atoms with Gasteiger partial charge >= 0.3 is 5.97 Å². The molecule has 3 aromatic rings. The predicted octanol–water partition coefficient (Wildman–Crippen LogP) is 4.13. The topological polar surface area (TPSA) is 62.2 Å². The van der Waals surface area contributed by atoms with Gasteiger partial charge in [-0.3, -0.25) is 9.78 Å². The van der Waals surface area contributed by atoms with Crippen molar-refractivity contribution in [2.24, 2.45) is 0 Å². The average molecular weight is 306 g/mol. The van der Waals surface area contributed by atoms with Crippen LogP contribution in [0.2, 0.25) is 0 Å². The number of hydrogen-bond donors (Lipinski definition) is 2. The van der Waals surface area contributed by atoms with E-state index < -0.39 is 11.9 Å². The summed E-state index contributed by atoms with van der Waals surface area (Å²) in [6, 6.07) is 15.6. The first-order valence-corrected chi connectivity index (χ1v) is 7.51. The summed E-state index contributed by atoms with van der Waals surface area (Å²) in [7, 11) is 1.88. The van der Waals surface area contributed by atoms with E-state index >= 15 is 0 Å². The van der Waals surface area contributed by atoms with E-state index in [4.69, 9.17) is 0 Å². The second-order valence-electron chi connectivity index (χ2n) is 5.46. The van der Waals surface area contributed by atoms with Crippen molar-refractivity contribution in [2.45, 2.75) is 12.8 Å². The standard InChI is InChI=1S/C19H18N2O2/c1-12(19(22)23)13-7-5-8-15-14(13)10-11-21-18(15)16-6-3-4-9-17(16)20-2/h3-12,20H,1-2H3,(H,22,23). The minimum atomic E-state index is -0.827. The van der Waals surface area contributed by atoms with Gasteiger partial charge in [0.15, 0.2) is 0 Å². The number of para-hydroxylation sites is 1. The highest BCUT2D eigenvalue weighted by Gasteiger charge is 2.18. The molecule has 2 aromatic carbocycles. The van der Waals surface area contributed by atoms with Crippen molar-refractivity contribution in [1.29, 1.82) is 0 Å². The van der Waals surface area contributed by atoms with Gasteiger partial charge in [0.05, 0.1) is 11.6 Å². The summed E-state index contributed by atoms with van der Waals surface area (Å²) in [5.41, 5.74) is 3.65. The van der Waals surface area contributed by atoms with Crippen molar-refractivity contribution >= 4 is 22.4 Å². The Morgan fingerprint density at radius 3 is 2.61 bits per heavy atom. The van der Waals surface area contributed by atoms with Crippen LogP contribution in [0.15, 0.2) is 54.7 Å². The molecule has 0 amide bonds. The van der Waals surface area contributed by atoms with Gasteiger partial charge in [0, 0.05) is 29.9 Å². The molecule has 116 valence electrons. The molecular formula is C19H18N2O2. The number of nitrogens with zero attached hydrogens (tertiary/aromatic N) is 1. The molecule has 0 saturated carbocycles. The first kappa shape index (κ1) is 15.0. The number of carboxylic acids is 1. The van der Waals surface area contributed by atoms with Gasteiger partial charge in [0.1, 0.15) is 0 Å². The normalized spacial score (nSPS) is 12.1. The lowest BCUT2D eigenvalue weighted by molar-refractivity contribution is -0.138. The van der Waals surface area contributed by atoms with Crippen molar-refractivity contribution in [2.75, 3.05) is 12.4 Å². The fourth-order valence-corrected chi connectivity index (χ4v) is 2.86. The van der Waals surface area contributed by atoms with Crippen LogP contribution >= 0.6 is 0 Å².